The second kappa shape index (κ2) is 8.76. The summed E-state index contributed by atoms with van der Waals surface area (Å²) < 4.78 is 68.2. The SMILES string of the molecule is Cc1c(C(=O)Nc2cc(S(=O)(=O)N3CCCC3)ccc2O)cnn1-c1ccccc1C(F)(F)F. The fourth-order valence-corrected chi connectivity index (χ4v) is 5.36. The van der Waals surface area contributed by atoms with Crippen LogP contribution in [0.3, 0.4) is 0 Å². The summed E-state index contributed by atoms with van der Waals surface area (Å²) in [5.41, 5.74) is -1.20. The monoisotopic (exact) mass is 494 g/mol. The molecule has 1 aromatic heterocycles. The van der Waals surface area contributed by atoms with Crippen LogP contribution >= 0.6 is 0 Å². The maximum absolute atomic E-state index is 13.4. The summed E-state index contributed by atoms with van der Waals surface area (Å²) in [4.78, 5) is 12.8. The van der Waals surface area contributed by atoms with Crippen molar-refractivity contribution in [2.75, 3.05) is 18.4 Å². The molecule has 0 spiro atoms. The number of alkyl halides is 3. The first-order chi connectivity index (χ1) is 16.0. The Kier molecular flexibility index (Phi) is 6.13. The van der Waals surface area contributed by atoms with Crippen molar-refractivity contribution in [1.29, 1.82) is 0 Å². The molecule has 0 atom stereocenters. The van der Waals surface area contributed by atoms with E-state index in [0.717, 1.165) is 41.9 Å². The van der Waals surface area contributed by atoms with Crippen molar-refractivity contribution in [1.82, 2.24) is 14.1 Å². The Bertz CT molecular complexity index is 1350. The Morgan fingerprint density at radius 2 is 1.79 bits per heavy atom. The topological polar surface area (TPSA) is 105 Å². The van der Waals surface area contributed by atoms with Gasteiger partial charge in [-0.1, -0.05) is 12.1 Å². The molecule has 180 valence electrons. The van der Waals surface area contributed by atoms with E-state index < -0.39 is 27.7 Å². The van der Waals surface area contributed by atoms with Crippen LogP contribution in [-0.4, -0.2) is 46.6 Å². The zero-order chi connectivity index (χ0) is 24.7. The third-order valence-electron chi connectivity index (χ3n) is 5.61. The average molecular weight is 494 g/mol. The molecule has 0 radical (unpaired) electrons. The Balaban J connectivity index is 1.64. The lowest BCUT2D eigenvalue weighted by atomic mass is 10.1. The number of rotatable bonds is 5. The molecule has 1 amide bonds. The molecule has 0 unspecified atom stereocenters. The van der Waals surface area contributed by atoms with Crippen LogP contribution in [0.4, 0.5) is 18.9 Å². The number of aromatic hydroxyl groups is 1. The fraction of sp³-hybridized carbons (Fsp3) is 0.273. The van der Waals surface area contributed by atoms with Crippen LogP contribution < -0.4 is 5.32 Å². The van der Waals surface area contributed by atoms with E-state index in [1.54, 1.807) is 0 Å². The van der Waals surface area contributed by atoms with Crippen molar-refractivity contribution in [3.63, 3.8) is 0 Å². The minimum absolute atomic E-state index is 0.0378. The number of hydrogen-bond donors (Lipinski definition) is 2. The number of phenolic OH excluding ortho intramolecular Hbond substituents is 1. The highest BCUT2D eigenvalue weighted by Crippen LogP contribution is 2.34. The van der Waals surface area contributed by atoms with E-state index in [2.05, 4.69) is 10.4 Å². The van der Waals surface area contributed by atoms with Gasteiger partial charge in [0.15, 0.2) is 0 Å². The number of hydrogen-bond acceptors (Lipinski definition) is 5. The number of anilines is 1. The third-order valence-corrected chi connectivity index (χ3v) is 7.51. The number of nitrogens with zero attached hydrogens (tertiary/aromatic N) is 3. The van der Waals surface area contributed by atoms with Gasteiger partial charge in [0.2, 0.25) is 10.0 Å². The van der Waals surface area contributed by atoms with E-state index in [1.807, 2.05) is 0 Å². The summed E-state index contributed by atoms with van der Waals surface area (Å²) in [6.07, 6.45) is -2.01. The van der Waals surface area contributed by atoms with Crippen LogP contribution in [0.2, 0.25) is 0 Å². The van der Waals surface area contributed by atoms with Gasteiger partial charge in [-0.25, -0.2) is 13.1 Å². The smallest absolute Gasteiger partial charge is 0.418 e. The van der Waals surface area contributed by atoms with Crippen LogP contribution in [0.15, 0.2) is 53.6 Å². The Morgan fingerprint density at radius 3 is 2.47 bits per heavy atom. The summed E-state index contributed by atoms with van der Waals surface area (Å²) in [5, 5.41) is 16.5. The zero-order valence-electron chi connectivity index (χ0n) is 18.0. The number of amides is 1. The van der Waals surface area contributed by atoms with Gasteiger partial charge in [-0.15, -0.1) is 0 Å². The first-order valence-electron chi connectivity index (χ1n) is 10.4. The van der Waals surface area contributed by atoms with Crippen LogP contribution in [0.25, 0.3) is 5.69 Å². The fourth-order valence-electron chi connectivity index (χ4n) is 3.82. The molecule has 2 N–H and O–H groups in total. The Morgan fingerprint density at radius 1 is 1.12 bits per heavy atom. The van der Waals surface area contributed by atoms with Gasteiger partial charge in [0.1, 0.15) is 5.75 Å². The Labute approximate surface area is 193 Å². The molecule has 0 aliphatic carbocycles. The van der Waals surface area contributed by atoms with Crippen molar-refractivity contribution in [3.8, 4) is 11.4 Å². The summed E-state index contributed by atoms with van der Waals surface area (Å²) in [7, 11) is -3.79. The first-order valence-corrected chi connectivity index (χ1v) is 11.8. The molecule has 1 aliphatic rings. The van der Waals surface area contributed by atoms with Gasteiger partial charge >= 0.3 is 6.18 Å². The number of halogens is 3. The van der Waals surface area contributed by atoms with Crippen LogP contribution in [0, 0.1) is 6.92 Å². The maximum atomic E-state index is 13.4. The summed E-state index contributed by atoms with van der Waals surface area (Å²) in [5.74, 6) is -1.12. The molecule has 1 fully saturated rings. The number of para-hydroxylation sites is 1. The van der Waals surface area contributed by atoms with E-state index in [1.165, 1.54) is 35.5 Å². The number of phenols is 1. The predicted molar refractivity (Wildman–Crippen MR) is 117 cm³/mol. The lowest BCUT2D eigenvalue weighted by Gasteiger charge is -2.17. The van der Waals surface area contributed by atoms with E-state index in [4.69, 9.17) is 0 Å². The minimum atomic E-state index is -4.62. The number of benzene rings is 2. The van der Waals surface area contributed by atoms with E-state index in [-0.39, 0.29) is 33.3 Å². The van der Waals surface area contributed by atoms with Gasteiger partial charge in [-0.05, 0) is 50.1 Å². The quantitative estimate of drug-likeness (QED) is 0.523. The van der Waals surface area contributed by atoms with Gasteiger partial charge in [-0.3, -0.25) is 4.79 Å². The largest absolute Gasteiger partial charge is 0.506 e. The molecule has 2 aromatic carbocycles. The number of aromatic nitrogens is 2. The van der Waals surface area contributed by atoms with Gasteiger partial charge in [0.05, 0.1) is 39.3 Å². The highest BCUT2D eigenvalue weighted by Gasteiger charge is 2.34. The lowest BCUT2D eigenvalue weighted by Crippen LogP contribution is -2.28. The lowest BCUT2D eigenvalue weighted by molar-refractivity contribution is -0.137. The van der Waals surface area contributed by atoms with Crippen molar-refractivity contribution in [2.45, 2.75) is 30.8 Å². The Hall–Kier alpha value is -3.38. The summed E-state index contributed by atoms with van der Waals surface area (Å²) >= 11 is 0. The molecule has 2 heterocycles. The van der Waals surface area contributed by atoms with Crippen LogP contribution in [0.5, 0.6) is 5.75 Å². The molecule has 4 rings (SSSR count). The molecule has 3 aromatic rings. The third kappa shape index (κ3) is 4.38. The van der Waals surface area contributed by atoms with Gasteiger partial charge in [0.25, 0.3) is 5.91 Å². The van der Waals surface area contributed by atoms with Gasteiger partial charge in [0, 0.05) is 13.1 Å². The summed E-state index contributed by atoms with van der Waals surface area (Å²) in [6, 6.07) is 8.40. The second-order valence-electron chi connectivity index (χ2n) is 7.81. The molecule has 1 saturated heterocycles. The van der Waals surface area contributed by atoms with E-state index in [0.29, 0.717) is 13.1 Å². The van der Waals surface area contributed by atoms with Crippen molar-refractivity contribution < 1.29 is 31.5 Å². The molecule has 0 saturated carbocycles. The van der Waals surface area contributed by atoms with Crippen LogP contribution in [-0.2, 0) is 16.2 Å². The number of carbonyl (C=O) groups excluding carboxylic acids is 1. The first kappa shape index (κ1) is 23.8. The standard InChI is InChI=1S/C22H21F3N4O4S/c1-14-16(13-26-29(14)19-7-3-2-6-17(19)22(23,24)25)21(31)27-18-12-15(8-9-20(18)30)34(32,33)28-10-4-5-11-28/h2-3,6-9,12-13,30H,4-5,10-11H2,1H3,(H,27,31). The number of sulfonamides is 1. The zero-order valence-corrected chi connectivity index (χ0v) is 18.8. The average Bonchev–Trinajstić information content (AvgIpc) is 3.45. The number of carbonyl (C=O) groups is 1. The highest BCUT2D eigenvalue weighted by atomic mass is 32.2. The van der Waals surface area contributed by atoms with Gasteiger partial charge < -0.3 is 10.4 Å². The van der Waals surface area contributed by atoms with Crippen molar-refractivity contribution in [2.24, 2.45) is 0 Å². The molecule has 8 nitrogen and oxygen atoms in total. The maximum Gasteiger partial charge on any atom is 0.418 e. The molecular weight excluding hydrogens is 473 g/mol. The molecule has 12 heteroatoms. The van der Waals surface area contributed by atoms with E-state index >= 15 is 0 Å². The molecule has 1 aliphatic heterocycles. The van der Waals surface area contributed by atoms with Crippen molar-refractivity contribution >= 4 is 21.6 Å². The highest BCUT2D eigenvalue weighted by molar-refractivity contribution is 7.89. The van der Waals surface area contributed by atoms with Crippen LogP contribution in [0.1, 0.15) is 34.5 Å². The van der Waals surface area contributed by atoms with Crippen molar-refractivity contribution in [3.05, 3.63) is 65.5 Å². The normalized spacial score (nSPS) is 14.9. The van der Waals surface area contributed by atoms with E-state index in [9.17, 15) is 31.5 Å². The number of nitrogens with one attached hydrogen (secondary N) is 1. The molecule has 34 heavy (non-hydrogen) atoms. The summed E-state index contributed by atoms with van der Waals surface area (Å²) in [6.45, 7) is 2.22. The van der Waals surface area contributed by atoms with Gasteiger partial charge in [-0.2, -0.15) is 22.6 Å². The molecule has 0 bridgehead atoms. The minimum Gasteiger partial charge on any atom is -0.506 e. The second-order valence-corrected chi connectivity index (χ2v) is 9.75. The predicted octanol–water partition coefficient (Wildman–Crippen LogP) is 3.94. The molecular formula is C22H21F3N4O4S.